The number of nitrogens with zero attached hydrogens (tertiary/aromatic N) is 1. The monoisotopic (exact) mass is 342 g/mol. The molecule has 1 aliphatic heterocycles. The first-order valence-electron chi connectivity index (χ1n) is 8.87. The molecule has 2 heterocycles. The van der Waals surface area contributed by atoms with Gasteiger partial charge in [0.2, 0.25) is 5.91 Å². The highest BCUT2D eigenvalue weighted by molar-refractivity contribution is 7.09. The highest BCUT2D eigenvalue weighted by atomic mass is 32.1. The van der Waals surface area contributed by atoms with Gasteiger partial charge in [-0.1, -0.05) is 36.4 Å². The number of hydrogen-bond donors (Lipinski definition) is 1. The molecule has 0 aliphatic carbocycles. The quantitative estimate of drug-likeness (QED) is 0.829. The highest BCUT2D eigenvalue weighted by Crippen LogP contribution is 2.15. The number of carbonyl (C=O) groups is 1. The van der Waals surface area contributed by atoms with E-state index < -0.39 is 0 Å². The molecule has 1 N–H and O–H groups in total. The smallest absolute Gasteiger partial charge is 0.220 e. The Labute approximate surface area is 148 Å². The fourth-order valence-corrected chi connectivity index (χ4v) is 4.09. The number of benzene rings is 1. The SMILES string of the molecule is O=C(CCCc1cccs1)N[C@H]1CCCN(Cc2ccccc2)C1. The number of likely N-dealkylation sites (tertiary alicyclic amines) is 1. The van der Waals surface area contributed by atoms with Crippen LogP contribution in [0.3, 0.4) is 0 Å². The van der Waals surface area contributed by atoms with Gasteiger partial charge in [-0.25, -0.2) is 0 Å². The molecule has 3 rings (SSSR count). The normalized spacial score (nSPS) is 18.4. The molecule has 1 aromatic heterocycles. The number of rotatable bonds is 7. The predicted molar refractivity (Wildman–Crippen MR) is 100 cm³/mol. The third-order valence-corrected chi connectivity index (χ3v) is 5.46. The average molecular weight is 343 g/mol. The van der Waals surface area contributed by atoms with Crippen LogP contribution in [0.4, 0.5) is 0 Å². The minimum absolute atomic E-state index is 0.207. The van der Waals surface area contributed by atoms with Crippen LogP contribution in [0.2, 0.25) is 0 Å². The van der Waals surface area contributed by atoms with Gasteiger partial charge in [-0.2, -0.15) is 0 Å². The standard InChI is InChI=1S/C20H26N2OS/c23-20(12-4-10-19-11-6-14-24-19)21-18-9-5-13-22(16-18)15-17-7-2-1-3-8-17/h1-3,6-8,11,14,18H,4-5,9-10,12-13,15-16H2,(H,21,23)/t18-/m0/s1. The number of thiophene rings is 1. The molecular weight excluding hydrogens is 316 g/mol. The van der Waals surface area contributed by atoms with Crippen LogP contribution in [-0.2, 0) is 17.8 Å². The maximum atomic E-state index is 12.2. The maximum absolute atomic E-state index is 12.2. The fourth-order valence-electron chi connectivity index (χ4n) is 3.34. The van der Waals surface area contributed by atoms with Crippen molar-refractivity contribution in [2.45, 2.75) is 44.7 Å². The van der Waals surface area contributed by atoms with Crippen molar-refractivity contribution in [1.82, 2.24) is 10.2 Å². The summed E-state index contributed by atoms with van der Waals surface area (Å²) in [4.78, 5) is 16.0. The largest absolute Gasteiger partial charge is 0.352 e. The number of hydrogen-bond acceptors (Lipinski definition) is 3. The number of aryl methyl sites for hydroxylation is 1. The van der Waals surface area contributed by atoms with Crippen LogP contribution in [0.1, 0.15) is 36.1 Å². The summed E-state index contributed by atoms with van der Waals surface area (Å²) >= 11 is 1.77. The molecular formula is C20H26N2OS. The minimum Gasteiger partial charge on any atom is -0.352 e. The van der Waals surface area contributed by atoms with Gasteiger partial charge >= 0.3 is 0 Å². The van der Waals surface area contributed by atoms with Crippen molar-refractivity contribution in [2.24, 2.45) is 0 Å². The number of nitrogens with one attached hydrogen (secondary N) is 1. The predicted octanol–water partition coefficient (Wildman–Crippen LogP) is 3.85. The molecule has 3 nitrogen and oxygen atoms in total. The highest BCUT2D eigenvalue weighted by Gasteiger charge is 2.21. The molecule has 4 heteroatoms. The molecule has 128 valence electrons. The Hall–Kier alpha value is -1.65. The van der Waals surface area contributed by atoms with Crippen LogP contribution in [0.15, 0.2) is 47.8 Å². The van der Waals surface area contributed by atoms with Gasteiger partial charge in [-0.15, -0.1) is 11.3 Å². The first-order chi connectivity index (χ1) is 11.8. The summed E-state index contributed by atoms with van der Waals surface area (Å²) in [5, 5.41) is 5.33. The van der Waals surface area contributed by atoms with Crippen molar-refractivity contribution >= 4 is 17.2 Å². The van der Waals surface area contributed by atoms with Crippen LogP contribution in [0.5, 0.6) is 0 Å². The van der Waals surface area contributed by atoms with Crippen molar-refractivity contribution in [2.75, 3.05) is 13.1 Å². The molecule has 2 aromatic rings. The summed E-state index contributed by atoms with van der Waals surface area (Å²) in [6, 6.07) is 15.1. The van der Waals surface area contributed by atoms with Crippen molar-refractivity contribution in [3.05, 3.63) is 58.3 Å². The van der Waals surface area contributed by atoms with E-state index in [2.05, 4.69) is 58.1 Å². The van der Waals surface area contributed by atoms with Gasteiger partial charge in [0.25, 0.3) is 0 Å². The second-order valence-electron chi connectivity index (χ2n) is 6.56. The first-order valence-corrected chi connectivity index (χ1v) is 9.75. The minimum atomic E-state index is 0.207. The van der Waals surface area contributed by atoms with Gasteiger partial charge in [0, 0.05) is 30.4 Å². The van der Waals surface area contributed by atoms with E-state index in [1.54, 1.807) is 11.3 Å². The molecule has 0 unspecified atom stereocenters. The van der Waals surface area contributed by atoms with Crippen LogP contribution in [0, 0.1) is 0 Å². The summed E-state index contributed by atoms with van der Waals surface area (Å²) in [6.07, 6.45) is 4.84. The van der Waals surface area contributed by atoms with E-state index in [1.807, 2.05) is 0 Å². The van der Waals surface area contributed by atoms with Crippen LogP contribution in [0.25, 0.3) is 0 Å². The second kappa shape index (κ2) is 9.00. The molecule has 0 spiro atoms. The summed E-state index contributed by atoms with van der Waals surface area (Å²) in [5.74, 6) is 0.207. The van der Waals surface area contributed by atoms with Gasteiger partial charge < -0.3 is 5.32 Å². The van der Waals surface area contributed by atoms with E-state index in [4.69, 9.17) is 0 Å². The second-order valence-corrected chi connectivity index (χ2v) is 7.59. The molecule has 0 bridgehead atoms. The fraction of sp³-hybridized carbons (Fsp3) is 0.450. The Morgan fingerprint density at radius 3 is 2.88 bits per heavy atom. The summed E-state index contributed by atoms with van der Waals surface area (Å²) in [6.45, 7) is 3.07. The first kappa shape index (κ1) is 17.2. The maximum Gasteiger partial charge on any atom is 0.220 e. The van der Waals surface area contributed by atoms with Crippen molar-refractivity contribution in [1.29, 1.82) is 0 Å². The van der Waals surface area contributed by atoms with E-state index in [9.17, 15) is 4.79 Å². The Morgan fingerprint density at radius 1 is 1.21 bits per heavy atom. The topological polar surface area (TPSA) is 32.3 Å². The van der Waals surface area contributed by atoms with Crippen molar-refractivity contribution < 1.29 is 4.79 Å². The third-order valence-electron chi connectivity index (χ3n) is 4.53. The zero-order chi connectivity index (χ0) is 16.6. The third kappa shape index (κ3) is 5.46. The summed E-state index contributed by atoms with van der Waals surface area (Å²) in [7, 11) is 0. The Balaban J connectivity index is 1.39. The molecule has 0 radical (unpaired) electrons. The molecule has 1 aromatic carbocycles. The Kier molecular flexibility index (Phi) is 6.44. The van der Waals surface area contributed by atoms with E-state index in [-0.39, 0.29) is 5.91 Å². The molecule has 1 saturated heterocycles. The van der Waals surface area contributed by atoms with Crippen molar-refractivity contribution in [3.8, 4) is 0 Å². The lowest BCUT2D eigenvalue weighted by Crippen LogP contribution is -2.47. The molecule has 24 heavy (non-hydrogen) atoms. The lowest BCUT2D eigenvalue weighted by Gasteiger charge is -2.33. The van der Waals surface area contributed by atoms with Gasteiger partial charge in [-0.3, -0.25) is 9.69 Å². The zero-order valence-corrected chi connectivity index (χ0v) is 14.9. The van der Waals surface area contributed by atoms with Gasteiger partial charge in [0.05, 0.1) is 0 Å². The Morgan fingerprint density at radius 2 is 2.08 bits per heavy atom. The summed E-state index contributed by atoms with van der Waals surface area (Å²) in [5.41, 5.74) is 1.35. The van der Waals surface area contributed by atoms with E-state index in [1.165, 1.54) is 10.4 Å². The van der Waals surface area contributed by atoms with Gasteiger partial charge in [-0.05, 0) is 49.2 Å². The van der Waals surface area contributed by atoms with Crippen LogP contribution < -0.4 is 5.32 Å². The van der Waals surface area contributed by atoms with Crippen molar-refractivity contribution in [3.63, 3.8) is 0 Å². The Bertz CT molecular complexity index is 612. The number of piperidine rings is 1. The summed E-state index contributed by atoms with van der Waals surface area (Å²) < 4.78 is 0. The molecule has 1 atom stereocenters. The molecule has 1 aliphatic rings. The number of amides is 1. The van der Waals surface area contributed by atoms with Gasteiger partial charge in [0.1, 0.15) is 0 Å². The molecule has 0 saturated carbocycles. The number of carbonyl (C=O) groups excluding carboxylic acids is 1. The lowest BCUT2D eigenvalue weighted by atomic mass is 10.0. The van der Waals surface area contributed by atoms with Crippen LogP contribution >= 0.6 is 11.3 Å². The average Bonchev–Trinajstić information content (AvgIpc) is 3.09. The van der Waals surface area contributed by atoms with Crippen LogP contribution in [-0.4, -0.2) is 29.9 Å². The van der Waals surface area contributed by atoms with E-state index >= 15 is 0 Å². The van der Waals surface area contributed by atoms with E-state index in [0.717, 1.165) is 45.3 Å². The molecule has 1 amide bonds. The van der Waals surface area contributed by atoms with E-state index in [0.29, 0.717) is 12.5 Å². The lowest BCUT2D eigenvalue weighted by molar-refractivity contribution is -0.122. The molecule has 1 fully saturated rings. The zero-order valence-electron chi connectivity index (χ0n) is 14.1. The van der Waals surface area contributed by atoms with Gasteiger partial charge in [0.15, 0.2) is 0 Å².